The van der Waals surface area contributed by atoms with Gasteiger partial charge in [-0.15, -0.1) is 0 Å². The molecular formula is C20H26N6O3. The molecule has 9 heteroatoms. The number of hydrogen-bond acceptors (Lipinski definition) is 6. The standard InChI is InChI=1S/C20H26N6O3/c1-3-24(4-2)18(28)16-14-26-12-9-23-19(26)20(29-16)5-10-25(11-6-20)17(27)15-13-21-7-8-22-15/h7-9,12-13,16H,3-6,10-11,14H2,1-2H3/t16-/m0/s1. The van der Waals surface area contributed by atoms with E-state index in [0.717, 1.165) is 5.82 Å². The molecule has 1 fully saturated rings. The Kier molecular flexibility index (Phi) is 5.31. The van der Waals surface area contributed by atoms with Crippen molar-refractivity contribution in [1.82, 2.24) is 29.3 Å². The second kappa shape index (κ2) is 7.90. The number of likely N-dealkylation sites (tertiary alicyclic amines) is 1. The second-order valence-electron chi connectivity index (χ2n) is 7.40. The highest BCUT2D eigenvalue weighted by molar-refractivity contribution is 5.92. The first-order chi connectivity index (χ1) is 14.1. The Morgan fingerprint density at radius 1 is 1.17 bits per heavy atom. The molecule has 1 spiro atoms. The molecule has 0 saturated carbocycles. The number of carbonyl (C=O) groups excluding carboxylic acids is 2. The highest BCUT2D eigenvalue weighted by atomic mass is 16.5. The van der Waals surface area contributed by atoms with Crippen molar-refractivity contribution in [3.05, 3.63) is 42.5 Å². The average Bonchev–Trinajstić information content (AvgIpc) is 3.25. The number of imidazole rings is 1. The van der Waals surface area contributed by atoms with E-state index in [4.69, 9.17) is 4.74 Å². The van der Waals surface area contributed by atoms with Crippen LogP contribution >= 0.6 is 0 Å². The summed E-state index contributed by atoms with van der Waals surface area (Å²) in [5.74, 6) is 0.711. The maximum absolute atomic E-state index is 13.0. The molecule has 0 aliphatic carbocycles. The molecule has 2 aromatic heterocycles. The summed E-state index contributed by atoms with van der Waals surface area (Å²) in [5, 5.41) is 0. The number of aromatic nitrogens is 4. The van der Waals surface area contributed by atoms with Crippen LogP contribution in [-0.2, 0) is 21.7 Å². The van der Waals surface area contributed by atoms with Crippen molar-refractivity contribution < 1.29 is 14.3 Å². The van der Waals surface area contributed by atoms with E-state index >= 15 is 0 Å². The fourth-order valence-corrected chi connectivity index (χ4v) is 4.25. The Labute approximate surface area is 169 Å². The number of piperidine rings is 1. The minimum Gasteiger partial charge on any atom is -0.352 e. The van der Waals surface area contributed by atoms with E-state index in [-0.39, 0.29) is 11.8 Å². The first kappa shape index (κ1) is 19.5. The Balaban J connectivity index is 1.53. The second-order valence-corrected chi connectivity index (χ2v) is 7.40. The normalized spacial score (nSPS) is 20.3. The summed E-state index contributed by atoms with van der Waals surface area (Å²) in [6.07, 6.45) is 8.82. The zero-order chi connectivity index (χ0) is 20.4. The Hall–Kier alpha value is -2.81. The van der Waals surface area contributed by atoms with Gasteiger partial charge in [0.25, 0.3) is 11.8 Å². The van der Waals surface area contributed by atoms with Crippen LogP contribution in [0.1, 0.15) is 43.0 Å². The van der Waals surface area contributed by atoms with Gasteiger partial charge in [-0.1, -0.05) is 0 Å². The molecule has 0 bridgehead atoms. The number of ether oxygens (including phenoxy) is 1. The summed E-state index contributed by atoms with van der Waals surface area (Å²) in [6, 6.07) is 0. The quantitative estimate of drug-likeness (QED) is 0.765. The molecule has 29 heavy (non-hydrogen) atoms. The number of carbonyl (C=O) groups is 2. The van der Waals surface area contributed by atoms with Crippen LogP contribution in [0.25, 0.3) is 0 Å². The van der Waals surface area contributed by atoms with E-state index in [1.165, 1.54) is 12.4 Å². The molecule has 4 heterocycles. The van der Waals surface area contributed by atoms with Gasteiger partial charge in [0.15, 0.2) is 6.10 Å². The Morgan fingerprint density at radius 2 is 1.93 bits per heavy atom. The topological polar surface area (TPSA) is 93.5 Å². The summed E-state index contributed by atoms with van der Waals surface area (Å²) in [6.45, 7) is 6.73. The molecule has 2 aliphatic heterocycles. The Bertz CT molecular complexity index is 871. The van der Waals surface area contributed by atoms with Crippen LogP contribution < -0.4 is 0 Å². The molecule has 2 aliphatic rings. The van der Waals surface area contributed by atoms with E-state index in [0.29, 0.717) is 51.3 Å². The van der Waals surface area contributed by atoms with E-state index in [9.17, 15) is 9.59 Å². The van der Waals surface area contributed by atoms with E-state index < -0.39 is 11.7 Å². The van der Waals surface area contributed by atoms with Crippen molar-refractivity contribution in [2.45, 2.75) is 44.9 Å². The van der Waals surface area contributed by atoms with Gasteiger partial charge in [0, 0.05) is 63.8 Å². The van der Waals surface area contributed by atoms with Crippen molar-refractivity contribution in [2.24, 2.45) is 0 Å². The third kappa shape index (κ3) is 3.50. The van der Waals surface area contributed by atoms with Gasteiger partial charge in [0.05, 0.1) is 12.7 Å². The molecule has 9 nitrogen and oxygen atoms in total. The fraction of sp³-hybridized carbons (Fsp3) is 0.550. The maximum Gasteiger partial charge on any atom is 0.274 e. The number of nitrogens with zero attached hydrogens (tertiary/aromatic N) is 6. The fourth-order valence-electron chi connectivity index (χ4n) is 4.25. The SMILES string of the molecule is CCN(CC)C(=O)[C@@H]1Cn2ccnc2C2(CCN(C(=O)c3cnccn3)CC2)O1. The van der Waals surface area contributed by atoms with Crippen molar-refractivity contribution in [2.75, 3.05) is 26.2 Å². The first-order valence-corrected chi connectivity index (χ1v) is 10.1. The summed E-state index contributed by atoms with van der Waals surface area (Å²) >= 11 is 0. The van der Waals surface area contributed by atoms with Crippen LogP contribution in [0.15, 0.2) is 31.0 Å². The van der Waals surface area contributed by atoms with Gasteiger partial charge in [-0.3, -0.25) is 14.6 Å². The molecular weight excluding hydrogens is 372 g/mol. The monoisotopic (exact) mass is 398 g/mol. The minimum absolute atomic E-state index is 0.00629. The first-order valence-electron chi connectivity index (χ1n) is 10.1. The zero-order valence-electron chi connectivity index (χ0n) is 16.8. The van der Waals surface area contributed by atoms with Crippen LogP contribution in [0.2, 0.25) is 0 Å². The number of hydrogen-bond donors (Lipinski definition) is 0. The lowest BCUT2D eigenvalue weighted by Gasteiger charge is -2.46. The Morgan fingerprint density at radius 3 is 2.59 bits per heavy atom. The molecule has 1 atom stereocenters. The largest absolute Gasteiger partial charge is 0.352 e. The number of amides is 2. The third-order valence-corrected chi connectivity index (χ3v) is 5.84. The van der Waals surface area contributed by atoms with Gasteiger partial charge in [-0.2, -0.15) is 0 Å². The van der Waals surface area contributed by atoms with Gasteiger partial charge < -0.3 is 19.1 Å². The lowest BCUT2D eigenvalue weighted by molar-refractivity contribution is -0.179. The predicted octanol–water partition coefficient (Wildman–Crippen LogP) is 1.07. The molecule has 2 aromatic rings. The van der Waals surface area contributed by atoms with E-state index in [2.05, 4.69) is 15.0 Å². The molecule has 1 saturated heterocycles. The summed E-state index contributed by atoms with van der Waals surface area (Å²) in [5.41, 5.74) is -0.321. The van der Waals surface area contributed by atoms with Crippen LogP contribution in [0, 0.1) is 0 Å². The van der Waals surface area contributed by atoms with Gasteiger partial charge in [0.1, 0.15) is 17.1 Å². The maximum atomic E-state index is 13.0. The van der Waals surface area contributed by atoms with E-state index in [1.54, 1.807) is 22.2 Å². The number of likely N-dealkylation sites (N-methyl/N-ethyl adjacent to an activating group) is 1. The van der Waals surface area contributed by atoms with Crippen LogP contribution in [0.4, 0.5) is 0 Å². The molecule has 0 unspecified atom stereocenters. The minimum atomic E-state index is -0.658. The molecule has 4 rings (SSSR count). The average molecular weight is 398 g/mol. The summed E-state index contributed by atoms with van der Waals surface area (Å²) < 4.78 is 8.46. The van der Waals surface area contributed by atoms with Crippen molar-refractivity contribution in [3.8, 4) is 0 Å². The van der Waals surface area contributed by atoms with Gasteiger partial charge >= 0.3 is 0 Å². The highest BCUT2D eigenvalue weighted by Gasteiger charge is 2.48. The lowest BCUT2D eigenvalue weighted by atomic mass is 9.88. The molecule has 154 valence electrons. The van der Waals surface area contributed by atoms with E-state index in [1.807, 2.05) is 24.6 Å². The number of rotatable bonds is 4. The van der Waals surface area contributed by atoms with Crippen molar-refractivity contribution >= 4 is 11.8 Å². The molecule has 0 radical (unpaired) electrons. The van der Waals surface area contributed by atoms with Crippen LogP contribution in [-0.4, -0.2) is 73.4 Å². The highest BCUT2D eigenvalue weighted by Crippen LogP contribution is 2.40. The molecule has 2 amide bonds. The summed E-state index contributed by atoms with van der Waals surface area (Å²) in [7, 11) is 0. The zero-order valence-corrected chi connectivity index (χ0v) is 16.8. The third-order valence-electron chi connectivity index (χ3n) is 5.84. The summed E-state index contributed by atoms with van der Waals surface area (Å²) in [4.78, 5) is 41.8. The smallest absolute Gasteiger partial charge is 0.274 e. The number of fused-ring (bicyclic) bond motifs is 2. The molecule has 0 N–H and O–H groups in total. The van der Waals surface area contributed by atoms with Gasteiger partial charge in [-0.05, 0) is 13.8 Å². The van der Waals surface area contributed by atoms with Gasteiger partial charge in [0.2, 0.25) is 0 Å². The van der Waals surface area contributed by atoms with Crippen molar-refractivity contribution in [1.29, 1.82) is 0 Å². The van der Waals surface area contributed by atoms with Gasteiger partial charge in [-0.25, -0.2) is 9.97 Å². The lowest BCUT2D eigenvalue weighted by Crippen LogP contribution is -2.55. The molecule has 0 aromatic carbocycles. The van der Waals surface area contributed by atoms with Crippen LogP contribution in [0.5, 0.6) is 0 Å². The van der Waals surface area contributed by atoms with Crippen LogP contribution in [0.3, 0.4) is 0 Å². The van der Waals surface area contributed by atoms with Crippen molar-refractivity contribution in [3.63, 3.8) is 0 Å². The predicted molar refractivity (Wildman–Crippen MR) is 104 cm³/mol.